The first-order chi connectivity index (χ1) is 11.9. The number of nitrogens with zero attached hydrogens (tertiary/aromatic N) is 1. The minimum absolute atomic E-state index is 0.0294. The van der Waals surface area contributed by atoms with Crippen LogP contribution in [0, 0.1) is 5.92 Å². The van der Waals surface area contributed by atoms with Gasteiger partial charge in [0.2, 0.25) is 0 Å². The van der Waals surface area contributed by atoms with Gasteiger partial charge in [-0.05, 0) is 56.7 Å². The van der Waals surface area contributed by atoms with Crippen LogP contribution in [0.2, 0.25) is 10.0 Å². The molecule has 1 saturated heterocycles. The summed E-state index contributed by atoms with van der Waals surface area (Å²) in [6, 6.07) is 5.18. The molecule has 0 spiro atoms. The molecule has 0 aromatic heterocycles. The van der Waals surface area contributed by atoms with Gasteiger partial charge in [-0.25, -0.2) is 4.39 Å². The van der Waals surface area contributed by atoms with Crippen molar-refractivity contribution in [3.8, 4) is 0 Å². The molecule has 3 rings (SSSR count). The Labute approximate surface area is 158 Å². The molecule has 1 heterocycles. The second-order valence-electron chi connectivity index (χ2n) is 7.46. The summed E-state index contributed by atoms with van der Waals surface area (Å²) in [6.07, 6.45) is 4.85. The first-order valence-corrected chi connectivity index (χ1v) is 9.79. The molecule has 1 unspecified atom stereocenters. The van der Waals surface area contributed by atoms with E-state index in [1.807, 2.05) is 0 Å². The molecule has 1 saturated carbocycles. The Balaban J connectivity index is 1.50. The lowest BCUT2D eigenvalue weighted by Crippen LogP contribution is -2.52. The highest BCUT2D eigenvalue weighted by Gasteiger charge is 2.38. The predicted molar refractivity (Wildman–Crippen MR) is 100 cm³/mol. The lowest BCUT2D eigenvalue weighted by atomic mass is 9.79. The average Bonchev–Trinajstić information content (AvgIpc) is 2.50. The summed E-state index contributed by atoms with van der Waals surface area (Å²) in [6.45, 7) is 3.81. The number of halogens is 3. The van der Waals surface area contributed by atoms with E-state index in [-0.39, 0.29) is 12.5 Å². The molecule has 1 amide bonds. The Kier molecular flexibility index (Phi) is 5.92. The molecule has 25 heavy (non-hydrogen) atoms. The summed E-state index contributed by atoms with van der Waals surface area (Å²) < 4.78 is 15.0. The van der Waals surface area contributed by atoms with Crippen molar-refractivity contribution in [2.24, 2.45) is 5.92 Å². The number of carbonyl (C=O) groups excluding carboxylic acids is 1. The SMILES string of the molecule is CC(C1CCC1)N1CCC(F)(CNC(=O)c2cc(Cl)cc(Cl)c2)CC1. The molecule has 1 atom stereocenters. The van der Waals surface area contributed by atoms with E-state index in [2.05, 4.69) is 17.1 Å². The molecule has 3 nitrogen and oxygen atoms in total. The Hall–Kier alpha value is -0.840. The van der Waals surface area contributed by atoms with Crippen LogP contribution < -0.4 is 5.32 Å². The van der Waals surface area contributed by atoms with Crippen LogP contribution in [-0.2, 0) is 0 Å². The lowest BCUT2D eigenvalue weighted by Gasteiger charge is -2.44. The summed E-state index contributed by atoms with van der Waals surface area (Å²) >= 11 is 11.8. The van der Waals surface area contributed by atoms with Crippen LogP contribution in [0.4, 0.5) is 4.39 Å². The molecular weight excluding hydrogens is 362 g/mol. The Morgan fingerprint density at radius 2 is 1.88 bits per heavy atom. The van der Waals surface area contributed by atoms with E-state index < -0.39 is 5.67 Å². The third kappa shape index (κ3) is 4.66. The van der Waals surface area contributed by atoms with Gasteiger partial charge in [-0.2, -0.15) is 0 Å². The average molecular weight is 387 g/mol. The molecule has 0 radical (unpaired) electrons. The van der Waals surface area contributed by atoms with Crippen molar-refractivity contribution in [3.05, 3.63) is 33.8 Å². The Morgan fingerprint density at radius 1 is 1.28 bits per heavy atom. The number of carbonyl (C=O) groups is 1. The summed E-state index contributed by atoms with van der Waals surface area (Å²) in [5.74, 6) is 0.436. The van der Waals surface area contributed by atoms with E-state index in [0.717, 1.165) is 19.0 Å². The lowest BCUT2D eigenvalue weighted by molar-refractivity contribution is 0.0166. The zero-order valence-electron chi connectivity index (χ0n) is 14.5. The van der Waals surface area contributed by atoms with Crippen molar-refractivity contribution in [2.45, 2.75) is 50.7 Å². The second kappa shape index (κ2) is 7.81. The van der Waals surface area contributed by atoms with Gasteiger partial charge in [-0.15, -0.1) is 0 Å². The predicted octanol–water partition coefficient (Wildman–Crippen LogP) is 4.72. The van der Waals surface area contributed by atoms with E-state index in [4.69, 9.17) is 23.2 Å². The largest absolute Gasteiger partial charge is 0.349 e. The van der Waals surface area contributed by atoms with Crippen LogP contribution in [0.1, 0.15) is 49.4 Å². The molecule has 6 heteroatoms. The summed E-state index contributed by atoms with van der Waals surface area (Å²) in [4.78, 5) is 14.6. The van der Waals surface area contributed by atoms with Crippen LogP contribution in [0.15, 0.2) is 18.2 Å². The maximum Gasteiger partial charge on any atom is 0.251 e. The van der Waals surface area contributed by atoms with Crippen LogP contribution in [0.25, 0.3) is 0 Å². The monoisotopic (exact) mass is 386 g/mol. The summed E-state index contributed by atoms with van der Waals surface area (Å²) in [5.41, 5.74) is -0.981. The van der Waals surface area contributed by atoms with Crippen molar-refractivity contribution in [3.63, 3.8) is 0 Å². The highest BCUT2D eigenvalue weighted by Crippen LogP contribution is 2.35. The van der Waals surface area contributed by atoms with Crippen molar-refractivity contribution in [2.75, 3.05) is 19.6 Å². The van der Waals surface area contributed by atoms with Gasteiger partial charge in [-0.1, -0.05) is 29.6 Å². The van der Waals surface area contributed by atoms with Gasteiger partial charge >= 0.3 is 0 Å². The quantitative estimate of drug-likeness (QED) is 0.793. The zero-order chi connectivity index (χ0) is 18.0. The number of benzene rings is 1. The number of alkyl halides is 1. The fourth-order valence-electron chi connectivity index (χ4n) is 3.75. The first-order valence-electron chi connectivity index (χ1n) is 9.04. The van der Waals surface area contributed by atoms with Crippen molar-refractivity contribution in [1.82, 2.24) is 10.2 Å². The number of likely N-dealkylation sites (tertiary alicyclic amines) is 1. The first kappa shape index (κ1) is 18.9. The van der Waals surface area contributed by atoms with Gasteiger partial charge in [0, 0.05) is 34.7 Å². The molecule has 1 aliphatic heterocycles. The van der Waals surface area contributed by atoms with Gasteiger partial charge in [0.05, 0.1) is 6.54 Å². The third-order valence-corrected chi connectivity index (χ3v) is 6.23. The van der Waals surface area contributed by atoms with Crippen LogP contribution >= 0.6 is 23.2 Å². The molecule has 0 bridgehead atoms. The number of amides is 1. The molecule has 1 N–H and O–H groups in total. The van der Waals surface area contributed by atoms with Crippen LogP contribution in [0.5, 0.6) is 0 Å². The number of hydrogen-bond acceptors (Lipinski definition) is 2. The van der Waals surface area contributed by atoms with E-state index in [9.17, 15) is 4.79 Å². The van der Waals surface area contributed by atoms with Crippen molar-refractivity contribution in [1.29, 1.82) is 0 Å². The van der Waals surface area contributed by atoms with Gasteiger partial charge in [0.1, 0.15) is 5.67 Å². The Morgan fingerprint density at radius 3 is 2.40 bits per heavy atom. The fraction of sp³-hybridized carbons (Fsp3) is 0.632. The highest BCUT2D eigenvalue weighted by atomic mass is 35.5. The summed E-state index contributed by atoms with van der Waals surface area (Å²) in [5, 5.41) is 3.49. The maximum atomic E-state index is 15.0. The molecule has 2 aliphatic rings. The Bertz CT molecular complexity index is 608. The topological polar surface area (TPSA) is 32.3 Å². The molecule has 138 valence electrons. The zero-order valence-corrected chi connectivity index (χ0v) is 16.0. The number of nitrogens with one attached hydrogen (secondary N) is 1. The summed E-state index contributed by atoms with van der Waals surface area (Å²) in [7, 11) is 0. The minimum atomic E-state index is -1.34. The van der Waals surface area contributed by atoms with E-state index in [1.165, 1.54) is 31.4 Å². The molecule has 1 aromatic rings. The number of rotatable bonds is 5. The van der Waals surface area contributed by atoms with Crippen LogP contribution in [0.3, 0.4) is 0 Å². The molecule has 1 aliphatic carbocycles. The minimum Gasteiger partial charge on any atom is -0.349 e. The van der Waals surface area contributed by atoms with E-state index >= 15 is 4.39 Å². The van der Waals surface area contributed by atoms with Gasteiger partial charge in [-0.3, -0.25) is 4.79 Å². The molecule has 2 fully saturated rings. The maximum absolute atomic E-state index is 15.0. The second-order valence-corrected chi connectivity index (χ2v) is 8.33. The van der Waals surface area contributed by atoms with Crippen molar-refractivity contribution < 1.29 is 9.18 Å². The van der Waals surface area contributed by atoms with Crippen LogP contribution in [-0.4, -0.2) is 42.2 Å². The third-order valence-electron chi connectivity index (χ3n) is 5.79. The normalized spacial score (nSPS) is 22.2. The standard InChI is InChI=1S/C19H25Cl2FN2O/c1-13(14-3-2-4-14)24-7-5-19(22,6-8-24)12-23-18(25)15-9-16(20)11-17(21)10-15/h9-11,13-14H,2-8,12H2,1H3,(H,23,25). The molecule has 1 aromatic carbocycles. The highest BCUT2D eigenvalue weighted by molar-refractivity contribution is 6.35. The number of piperidine rings is 1. The van der Waals surface area contributed by atoms with Gasteiger partial charge in [0.25, 0.3) is 5.91 Å². The fourth-order valence-corrected chi connectivity index (χ4v) is 4.28. The van der Waals surface area contributed by atoms with Gasteiger partial charge < -0.3 is 10.2 Å². The smallest absolute Gasteiger partial charge is 0.251 e. The van der Waals surface area contributed by atoms with E-state index in [1.54, 1.807) is 6.07 Å². The number of hydrogen-bond donors (Lipinski definition) is 1. The molecular formula is C19H25Cl2FN2O. The van der Waals surface area contributed by atoms with Gasteiger partial charge in [0.15, 0.2) is 0 Å². The van der Waals surface area contributed by atoms with Crippen molar-refractivity contribution >= 4 is 29.1 Å². The van der Waals surface area contributed by atoms with E-state index in [0.29, 0.717) is 34.5 Å².